The Hall–Kier alpha value is -3.49. The van der Waals surface area contributed by atoms with Crippen molar-refractivity contribution in [2.24, 2.45) is 0 Å². The molecule has 0 spiro atoms. The molecule has 8 heteroatoms. The zero-order chi connectivity index (χ0) is 22.6. The van der Waals surface area contributed by atoms with Crippen molar-refractivity contribution in [2.45, 2.75) is 13.5 Å². The summed E-state index contributed by atoms with van der Waals surface area (Å²) in [7, 11) is 0. The monoisotopic (exact) mass is 459 g/mol. The molecule has 168 valence electrons. The smallest absolute Gasteiger partial charge is 0.246 e. The predicted octanol–water partition coefficient (Wildman–Crippen LogP) is 4.25. The molecule has 1 saturated heterocycles. The number of rotatable bonds is 6. The van der Waals surface area contributed by atoms with Gasteiger partial charge in [-0.15, -0.1) is 11.3 Å². The fourth-order valence-electron chi connectivity index (χ4n) is 3.93. The number of aryl methyl sites for hydroxylation is 1. The second-order valence-corrected chi connectivity index (χ2v) is 9.01. The average molecular weight is 460 g/mol. The highest BCUT2D eigenvalue weighted by Gasteiger charge is 2.21. The number of hydrogen-bond donors (Lipinski definition) is 0. The van der Waals surface area contributed by atoms with Crippen LogP contribution in [-0.4, -0.2) is 56.8 Å². The van der Waals surface area contributed by atoms with Crippen LogP contribution in [0.4, 0.5) is 0 Å². The summed E-state index contributed by atoms with van der Waals surface area (Å²) in [6, 6.07) is 16.0. The summed E-state index contributed by atoms with van der Waals surface area (Å²) in [4.78, 5) is 18.1. The maximum Gasteiger partial charge on any atom is 0.246 e. The van der Waals surface area contributed by atoms with Crippen LogP contribution in [0, 0.1) is 6.92 Å². The lowest BCUT2D eigenvalue weighted by molar-refractivity contribution is -0.127. The van der Waals surface area contributed by atoms with Crippen LogP contribution >= 0.6 is 11.3 Å². The van der Waals surface area contributed by atoms with Crippen molar-refractivity contribution < 1.29 is 9.32 Å². The van der Waals surface area contributed by atoms with E-state index in [4.69, 9.17) is 9.62 Å². The number of para-hydroxylation sites is 1. The molecule has 4 aromatic rings. The van der Waals surface area contributed by atoms with Crippen LogP contribution < -0.4 is 0 Å². The number of benzene rings is 1. The van der Waals surface area contributed by atoms with Crippen molar-refractivity contribution in [2.75, 3.05) is 26.2 Å². The predicted molar refractivity (Wildman–Crippen MR) is 129 cm³/mol. The zero-order valence-corrected chi connectivity index (χ0v) is 19.2. The molecule has 0 saturated carbocycles. The Morgan fingerprint density at radius 1 is 1.12 bits per heavy atom. The van der Waals surface area contributed by atoms with Crippen LogP contribution in [0.15, 0.2) is 70.7 Å². The maximum atomic E-state index is 12.9. The standard InChI is InChI=1S/C25H25N5O2S/c1-19-16-22(32-27-19)18-28-11-13-29(14-12-28)24(31)10-9-20-17-30(21-6-3-2-4-7-21)26-25(20)23-8-5-15-33-23/h2-10,15-17H,11-14,18H2,1H3/b10-9+. The van der Waals surface area contributed by atoms with Gasteiger partial charge in [0.2, 0.25) is 5.91 Å². The van der Waals surface area contributed by atoms with E-state index in [9.17, 15) is 4.79 Å². The molecule has 0 atom stereocenters. The molecule has 7 nitrogen and oxygen atoms in total. The van der Waals surface area contributed by atoms with Crippen molar-refractivity contribution >= 4 is 23.3 Å². The van der Waals surface area contributed by atoms with Crippen molar-refractivity contribution in [3.8, 4) is 16.3 Å². The van der Waals surface area contributed by atoms with Gasteiger partial charge in [-0.1, -0.05) is 29.4 Å². The fraction of sp³-hybridized carbons (Fsp3) is 0.240. The van der Waals surface area contributed by atoms with Gasteiger partial charge in [-0.25, -0.2) is 4.68 Å². The molecular formula is C25H25N5O2S. The second kappa shape index (κ2) is 9.56. The summed E-state index contributed by atoms with van der Waals surface area (Å²) in [6.45, 7) is 5.65. The Morgan fingerprint density at radius 3 is 2.64 bits per heavy atom. The van der Waals surface area contributed by atoms with Gasteiger partial charge in [0.1, 0.15) is 5.69 Å². The number of piperazine rings is 1. The second-order valence-electron chi connectivity index (χ2n) is 8.06. The lowest BCUT2D eigenvalue weighted by Crippen LogP contribution is -2.47. The van der Waals surface area contributed by atoms with Crippen LogP contribution in [0.2, 0.25) is 0 Å². The Labute approximate surface area is 196 Å². The molecule has 5 rings (SSSR count). The highest BCUT2D eigenvalue weighted by atomic mass is 32.1. The van der Waals surface area contributed by atoms with E-state index in [0.29, 0.717) is 13.1 Å². The van der Waals surface area contributed by atoms with E-state index in [2.05, 4.69) is 16.1 Å². The number of hydrogen-bond acceptors (Lipinski definition) is 6. The first-order chi connectivity index (χ1) is 16.2. The summed E-state index contributed by atoms with van der Waals surface area (Å²) in [5.41, 5.74) is 3.68. The van der Waals surface area contributed by atoms with Gasteiger partial charge < -0.3 is 9.42 Å². The fourth-order valence-corrected chi connectivity index (χ4v) is 4.66. The van der Waals surface area contributed by atoms with Gasteiger partial charge in [0.05, 0.1) is 22.8 Å². The molecule has 1 aliphatic heterocycles. The lowest BCUT2D eigenvalue weighted by atomic mass is 10.2. The van der Waals surface area contributed by atoms with E-state index in [0.717, 1.165) is 52.9 Å². The molecular weight excluding hydrogens is 434 g/mol. The van der Waals surface area contributed by atoms with Crippen LogP contribution in [0.5, 0.6) is 0 Å². The van der Waals surface area contributed by atoms with Gasteiger partial charge in [0.25, 0.3) is 0 Å². The van der Waals surface area contributed by atoms with E-state index >= 15 is 0 Å². The van der Waals surface area contributed by atoms with Crippen molar-refractivity contribution in [1.82, 2.24) is 24.7 Å². The van der Waals surface area contributed by atoms with Gasteiger partial charge in [-0.05, 0) is 36.6 Å². The molecule has 0 aliphatic carbocycles. The minimum absolute atomic E-state index is 0.0229. The number of nitrogens with zero attached hydrogens (tertiary/aromatic N) is 5. The summed E-state index contributed by atoms with van der Waals surface area (Å²) in [5, 5.41) is 10.8. The number of aromatic nitrogens is 3. The normalized spacial score (nSPS) is 14.9. The average Bonchev–Trinajstić information content (AvgIpc) is 3.60. The minimum atomic E-state index is 0.0229. The SMILES string of the molecule is Cc1cc(CN2CCN(C(=O)/C=C/c3cn(-c4ccccc4)nc3-c3cccs3)CC2)on1. The molecule has 3 aromatic heterocycles. The van der Waals surface area contributed by atoms with E-state index < -0.39 is 0 Å². The number of thiophene rings is 1. The molecule has 0 bridgehead atoms. The third kappa shape index (κ3) is 4.97. The van der Waals surface area contributed by atoms with Gasteiger partial charge in [0.15, 0.2) is 5.76 Å². The Bertz CT molecular complexity index is 1240. The highest BCUT2D eigenvalue weighted by Crippen LogP contribution is 2.28. The first-order valence-corrected chi connectivity index (χ1v) is 11.8. The van der Waals surface area contributed by atoms with E-state index in [1.54, 1.807) is 17.4 Å². The number of amides is 1. The number of carbonyl (C=O) groups excluding carboxylic acids is 1. The first kappa shape index (κ1) is 21.4. The van der Waals surface area contributed by atoms with Crippen LogP contribution in [0.1, 0.15) is 17.0 Å². The Balaban J connectivity index is 1.27. The van der Waals surface area contributed by atoms with Gasteiger partial charge in [-0.3, -0.25) is 9.69 Å². The highest BCUT2D eigenvalue weighted by molar-refractivity contribution is 7.13. The Morgan fingerprint density at radius 2 is 1.94 bits per heavy atom. The zero-order valence-electron chi connectivity index (χ0n) is 18.4. The van der Waals surface area contributed by atoms with Crippen molar-refractivity contribution in [1.29, 1.82) is 0 Å². The van der Waals surface area contributed by atoms with Crippen LogP contribution in [0.25, 0.3) is 22.3 Å². The van der Waals surface area contributed by atoms with Crippen molar-refractivity contribution in [3.05, 3.63) is 83.2 Å². The summed E-state index contributed by atoms with van der Waals surface area (Å²) < 4.78 is 7.18. The molecule has 1 aliphatic rings. The third-order valence-corrected chi connectivity index (χ3v) is 6.54. The van der Waals surface area contributed by atoms with Gasteiger partial charge in [-0.2, -0.15) is 5.10 Å². The minimum Gasteiger partial charge on any atom is -0.360 e. The number of carbonyl (C=O) groups is 1. The molecule has 4 heterocycles. The van der Waals surface area contributed by atoms with Crippen LogP contribution in [-0.2, 0) is 11.3 Å². The summed E-state index contributed by atoms with van der Waals surface area (Å²) >= 11 is 1.64. The molecule has 0 unspecified atom stereocenters. The van der Waals surface area contributed by atoms with Crippen LogP contribution in [0.3, 0.4) is 0 Å². The topological polar surface area (TPSA) is 67.4 Å². The molecule has 1 amide bonds. The van der Waals surface area contributed by atoms with E-state index in [-0.39, 0.29) is 5.91 Å². The van der Waals surface area contributed by atoms with Crippen molar-refractivity contribution in [3.63, 3.8) is 0 Å². The first-order valence-electron chi connectivity index (χ1n) is 11.0. The molecule has 0 radical (unpaired) electrons. The van der Waals surface area contributed by atoms with E-state index in [1.807, 2.05) is 76.6 Å². The Kier molecular flexibility index (Phi) is 6.19. The quantitative estimate of drug-likeness (QED) is 0.403. The summed E-state index contributed by atoms with van der Waals surface area (Å²) in [6.07, 6.45) is 5.53. The third-order valence-electron chi connectivity index (χ3n) is 5.66. The van der Waals surface area contributed by atoms with E-state index in [1.165, 1.54) is 0 Å². The molecule has 1 fully saturated rings. The van der Waals surface area contributed by atoms with Gasteiger partial charge in [0, 0.05) is 50.1 Å². The summed E-state index contributed by atoms with van der Waals surface area (Å²) in [5.74, 6) is 0.887. The maximum absolute atomic E-state index is 12.9. The molecule has 1 aromatic carbocycles. The molecule has 0 N–H and O–H groups in total. The molecule has 33 heavy (non-hydrogen) atoms. The largest absolute Gasteiger partial charge is 0.360 e. The lowest BCUT2D eigenvalue weighted by Gasteiger charge is -2.33. The van der Waals surface area contributed by atoms with Gasteiger partial charge >= 0.3 is 0 Å².